The SMILES string of the molecule is C[C@H](C(=O)N[C@@H]1C=CS(=O)(=O)C1)N1C(=O)/C(=C/c2cccs2)SC1=S. The Kier molecular flexibility index (Phi) is 5.14. The van der Waals surface area contributed by atoms with Crippen LogP contribution >= 0.6 is 35.3 Å². The van der Waals surface area contributed by atoms with Crippen LogP contribution in [0.25, 0.3) is 6.08 Å². The Bertz CT molecular complexity index is 887. The molecule has 2 amide bonds. The van der Waals surface area contributed by atoms with Gasteiger partial charge in [0.05, 0.1) is 16.7 Å². The number of hydrogen-bond donors (Lipinski definition) is 1. The fourth-order valence-electron chi connectivity index (χ4n) is 2.40. The fourth-order valence-corrected chi connectivity index (χ4v) is 5.78. The normalized spacial score (nSPS) is 24.9. The molecule has 25 heavy (non-hydrogen) atoms. The zero-order chi connectivity index (χ0) is 18.2. The van der Waals surface area contributed by atoms with Crippen LogP contribution in [-0.2, 0) is 19.4 Å². The van der Waals surface area contributed by atoms with Crippen LogP contribution < -0.4 is 5.32 Å². The first kappa shape index (κ1) is 18.3. The molecule has 10 heteroatoms. The number of thioether (sulfide) groups is 1. The molecule has 2 atom stereocenters. The monoisotopic (exact) mass is 414 g/mol. The predicted octanol–water partition coefficient (Wildman–Crippen LogP) is 1.76. The molecule has 0 spiro atoms. The number of carbonyl (C=O) groups is 2. The fraction of sp³-hybridized carbons (Fsp3) is 0.267. The molecule has 2 aliphatic rings. The maximum atomic E-state index is 12.6. The Labute approximate surface area is 158 Å². The summed E-state index contributed by atoms with van der Waals surface area (Å²) in [6, 6.07) is 2.37. The molecular formula is C15H14N2O4S4. The van der Waals surface area contributed by atoms with Crippen LogP contribution in [-0.4, -0.2) is 47.3 Å². The van der Waals surface area contributed by atoms with Gasteiger partial charge in [0.25, 0.3) is 5.91 Å². The van der Waals surface area contributed by atoms with Gasteiger partial charge in [0.2, 0.25) is 5.91 Å². The molecule has 1 aromatic heterocycles. The lowest BCUT2D eigenvalue weighted by atomic mass is 10.2. The molecule has 3 heterocycles. The highest BCUT2D eigenvalue weighted by molar-refractivity contribution is 8.26. The third-order valence-corrected chi connectivity index (χ3v) is 7.21. The lowest BCUT2D eigenvalue weighted by Gasteiger charge is -2.23. The first-order valence-corrected chi connectivity index (χ1v) is 11.1. The number of nitrogens with one attached hydrogen (secondary N) is 1. The minimum Gasteiger partial charge on any atom is -0.347 e. The minimum absolute atomic E-state index is 0.165. The van der Waals surface area contributed by atoms with E-state index in [-0.39, 0.29) is 11.7 Å². The molecule has 1 N–H and O–H groups in total. The van der Waals surface area contributed by atoms with Crippen LogP contribution in [0.5, 0.6) is 0 Å². The summed E-state index contributed by atoms with van der Waals surface area (Å²) >= 11 is 7.90. The molecule has 132 valence electrons. The van der Waals surface area contributed by atoms with Crippen LogP contribution in [0.3, 0.4) is 0 Å². The van der Waals surface area contributed by atoms with E-state index in [1.54, 1.807) is 13.0 Å². The van der Waals surface area contributed by atoms with Crippen LogP contribution in [0.4, 0.5) is 0 Å². The van der Waals surface area contributed by atoms with Gasteiger partial charge < -0.3 is 5.32 Å². The maximum absolute atomic E-state index is 12.6. The summed E-state index contributed by atoms with van der Waals surface area (Å²) in [6.45, 7) is 1.57. The van der Waals surface area contributed by atoms with Gasteiger partial charge in [-0.15, -0.1) is 11.3 Å². The molecule has 2 aliphatic heterocycles. The molecule has 1 fully saturated rings. The lowest BCUT2D eigenvalue weighted by molar-refractivity contribution is -0.132. The highest BCUT2D eigenvalue weighted by Gasteiger charge is 2.39. The first-order chi connectivity index (χ1) is 11.8. The summed E-state index contributed by atoms with van der Waals surface area (Å²) in [5.41, 5.74) is 0. The van der Waals surface area contributed by atoms with E-state index in [2.05, 4.69) is 5.32 Å². The molecule has 1 saturated heterocycles. The Balaban J connectivity index is 1.70. The van der Waals surface area contributed by atoms with Crippen LogP contribution in [0.15, 0.2) is 33.9 Å². The van der Waals surface area contributed by atoms with Gasteiger partial charge >= 0.3 is 0 Å². The van der Waals surface area contributed by atoms with Gasteiger partial charge in [-0.1, -0.05) is 30.0 Å². The van der Waals surface area contributed by atoms with E-state index in [0.29, 0.717) is 9.23 Å². The quantitative estimate of drug-likeness (QED) is 0.597. The summed E-state index contributed by atoms with van der Waals surface area (Å²) in [6.07, 6.45) is 3.18. The molecule has 1 aromatic rings. The van der Waals surface area contributed by atoms with E-state index in [1.807, 2.05) is 17.5 Å². The molecule has 0 saturated carbocycles. The van der Waals surface area contributed by atoms with Crippen molar-refractivity contribution in [3.8, 4) is 0 Å². The average Bonchev–Trinajstić information content (AvgIpc) is 3.21. The zero-order valence-corrected chi connectivity index (χ0v) is 16.3. The third kappa shape index (κ3) is 4.02. The maximum Gasteiger partial charge on any atom is 0.266 e. The number of rotatable bonds is 4. The number of nitrogens with zero attached hydrogens (tertiary/aromatic N) is 1. The Morgan fingerprint density at radius 3 is 2.88 bits per heavy atom. The van der Waals surface area contributed by atoms with Crippen molar-refractivity contribution in [3.63, 3.8) is 0 Å². The van der Waals surface area contributed by atoms with Gasteiger partial charge in [0.1, 0.15) is 10.4 Å². The summed E-state index contributed by atoms with van der Waals surface area (Å²) in [7, 11) is -3.26. The molecule has 0 unspecified atom stereocenters. The van der Waals surface area contributed by atoms with E-state index < -0.39 is 27.8 Å². The number of hydrogen-bond acceptors (Lipinski definition) is 7. The molecule has 0 bridgehead atoms. The molecule has 3 rings (SSSR count). The Morgan fingerprint density at radius 2 is 2.28 bits per heavy atom. The van der Waals surface area contributed by atoms with Crippen LogP contribution in [0, 0.1) is 0 Å². The van der Waals surface area contributed by atoms with E-state index in [9.17, 15) is 18.0 Å². The number of sulfone groups is 1. The molecule has 6 nitrogen and oxygen atoms in total. The van der Waals surface area contributed by atoms with Gasteiger partial charge in [-0.2, -0.15) is 0 Å². The standard InChI is InChI=1S/C15H14N2O4S4/c1-9(13(18)16-10-4-6-25(20,21)8-10)17-14(19)12(24-15(17)22)7-11-3-2-5-23-11/h2-7,9-10H,8H2,1H3,(H,16,18)/b12-7-/t9-,10-/m1/s1. The molecular weight excluding hydrogens is 400 g/mol. The second-order valence-electron chi connectivity index (χ2n) is 5.52. The number of thiophene rings is 1. The summed E-state index contributed by atoms with van der Waals surface area (Å²) in [4.78, 5) is 27.6. The minimum atomic E-state index is -3.26. The van der Waals surface area contributed by atoms with Crippen molar-refractivity contribution >= 4 is 67.4 Å². The van der Waals surface area contributed by atoms with Gasteiger partial charge in [0.15, 0.2) is 9.84 Å². The van der Waals surface area contributed by atoms with Gasteiger partial charge in [-0.3, -0.25) is 14.5 Å². The first-order valence-electron chi connectivity index (χ1n) is 7.29. The molecule has 0 aromatic carbocycles. The van der Waals surface area contributed by atoms with Crippen molar-refractivity contribution in [1.29, 1.82) is 0 Å². The van der Waals surface area contributed by atoms with Crippen molar-refractivity contribution in [1.82, 2.24) is 10.2 Å². The van der Waals surface area contributed by atoms with Gasteiger partial charge in [0, 0.05) is 10.3 Å². The highest BCUT2D eigenvalue weighted by Crippen LogP contribution is 2.34. The zero-order valence-electron chi connectivity index (χ0n) is 13.0. The Morgan fingerprint density at radius 1 is 1.52 bits per heavy atom. The largest absolute Gasteiger partial charge is 0.347 e. The van der Waals surface area contributed by atoms with Crippen molar-refractivity contribution < 1.29 is 18.0 Å². The van der Waals surface area contributed by atoms with Crippen molar-refractivity contribution in [2.24, 2.45) is 0 Å². The van der Waals surface area contributed by atoms with Crippen LogP contribution in [0.1, 0.15) is 11.8 Å². The third-order valence-electron chi connectivity index (χ3n) is 3.66. The predicted molar refractivity (Wildman–Crippen MR) is 104 cm³/mol. The van der Waals surface area contributed by atoms with Crippen molar-refractivity contribution in [3.05, 3.63) is 38.8 Å². The second-order valence-corrected chi connectivity index (χ2v) is 10.1. The number of thiocarbonyl (C=S) groups is 1. The smallest absolute Gasteiger partial charge is 0.266 e. The summed E-state index contributed by atoms with van der Waals surface area (Å²) in [5, 5.41) is 5.63. The lowest BCUT2D eigenvalue weighted by Crippen LogP contribution is -2.49. The summed E-state index contributed by atoms with van der Waals surface area (Å²) < 4.78 is 23.1. The van der Waals surface area contributed by atoms with Crippen molar-refractivity contribution in [2.45, 2.75) is 19.0 Å². The van der Waals surface area contributed by atoms with Gasteiger partial charge in [-0.25, -0.2) is 8.42 Å². The Hall–Kier alpha value is -1.49. The topological polar surface area (TPSA) is 83.6 Å². The van der Waals surface area contributed by atoms with Crippen LogP contribution in [0.2, 0.25) is 0 Å². The molecule has 0 aliphatic carbocycles. The average molecular weight is 415 g/mol. The summed E-state index contributed by atoms with van der Waals surface area (Å²) in [5.74, 6) is -0.927. The number of amides is 2. The van der Waals surface area contributed by atoms with E-state index in [0.717, 1.165) is 22.0 Å². The second kappa shape index (κ2) is 7.02. The number of carbonyl (C=O) groups excluding carboxylic acids is 2. The van der Waals surface area contributed by atoms with Crippen molar-refractivity contribution in [2.75, 3.05) is 5.75 Å². The van der Waals surface area contributed by atoms with Gasteiger partial charge in [-0.05, 0) is 30.5 Å². The van der Waals surface area contributed by atoms with E-state index >= 15 is 0 Å². The molecule has 0 radical (unpaired) electrons. The van der Waals surface area contributed by atoms with E-state index in [1.165, 1.54) is 22.3 Å². The highest BCUT2D eigenvalue weighted by atomic mass is 32.2. The van der Waals surface area contributed by atoms with E-state index in [4.69, 9.17) is 12.2 Å².